The standard InChI is InChI=1S/C20H24N6O.HI/c1-14(2)27-18-7-5-17(6-8-18)25-20(21)24-13-16-4-9-19(23-12-16)26-11-10-22-15(26)3;/h4-12,14H,13H2,1-3H3,(H3,21,24,25);1H. The molecule has 0 atom stereocenters. The Balaban J connectivity index is 0.00000280. The normalized spacial score (nSPS) is 11.2. The van der Waals surface area contributed by atoms with E-state index in [0.717, 1.165) is 28.6 Å². The SMILES string of the molecule is Cc1nccn1-c1ccc(CN=C(N)Nc2ccc(OC(C)C)cc2)cn1.I. The molecular weight excluding hydrogens is 467 g/mol. The van der Waals surface area contributed by atoms with E-state index in [1.165, 1.54) is 0 Å². The van der Waals surface area contributed by atoms with Gasteiger partial charge < -0.3 is 15.8 Å². The van der Waals surface area contributed by atoms with E-state index in [1.54, 1.807) is 12.4 Å². The van der Waals surface area contributed by atoms with E-state index in [2.05, 4.69) is 20.3 Å². The lowest BCUT2D eigenvalue weighted by Gasteiger charge is -2.11. The number of anilines is 1. The van der Waals surface area contributed by atoms with E-state index in [4.69, 9.17) is 10.5 Å². The fraction of sp³-hybridized carbons (Fsp3) is 0.250. The summed E-state index contributed by atoms with van der Waals surface area (Å²) in [7, 11) is 0. The Morgan fingerprint density at radius 2 is 1.93 bits per heavy atom. The highest BCUT2D eigenvalue weighted by Crippen LogP contribution is 2.16. The first-order chi connectivity index (χ1) is 13.0. The number of benzene rings is 1. The van der Waals surface area contributed by atoms with Gasteiger partial charge in [0.1, 0.15) is 17.4 Å². The minimum absolute atomic E-state index is 0. The van der Waals surface area contributed by atoms with Crippen LogP contribution in [0.3, 0.4) is 0 Å². The Morgan fingerprint density at radius 1 is 1.18 bits per heavy atom. The summed E-state index contributed by atoms with van der Waals surface area (Å²) in [6.07, 6.45) is 5.58. The maximum atomic E-state index is 5.97. The third-order valence-electron chi connectivity index (χ3n) is 3.81. The van der Waals surface area contributed by atoms with Gasteiger partial charge in [0.05, 0.1) is 12.6 Å². The lowest BCUT2D eigenvalue weighted by Crippen LogP contribution is -2.22. The van der Waals surface area contributed by atoms with E-state index in [0.29, 0.717) is 12.5 Å². The first kappa shape index (κ1) is 21.7. The summed E-state index contributed by atoms with van der Waals surface area (Å²) in [6.45, 7) is 6.38. The molecule has 0 spiro atoms. The van der Waals surface area contributed by atoms with Gasteiger partial charge in [0.25, 0.3) is 0 Å². The number of aryl methyl sites for hydroxylation is 1. The molecule has 0 saturated carbocycles. The predicted molar refractivity (Wildman–Crippen MR) is 123 cm³/mol. The molecule has 0 aliphatic rings. The highest BCUT2D eigenvalue weighted by Gasteiger charge is 2.02. The quantitative estimate of drug-likeness (QED) is 0.310. The Hall–Kier alpha value is -2.62. The maximum absolute atomic E-state index is 5.97. The topological polar surface area (TPSA) is 90.4 Å². The van der Waals surface area contributed by atoms with Crippen molar-refractivity contribution in [3.63, 3.8) is 0 Å². The number of imidazole rings is 1. The molecule has 7 nitrogen and oxygen atoms in total. The van der Waals surface area contributed by atoms with Gasteiger partial charge in [-0.1, -0.05) is 6.07 Å². The first-order valence-electron chi connectivity index (χ1n) is 8.80. The monoisotopic (exact) mass is 492 g/mol. The summed E-state index contributed by atoms with van der Waals surface area (Å²) in [5.74, 6) is 2.89. The lowest BCUT2D eigenvalue weighted by atomic mass is 10.3. The van der Waals surface area contributed by atoms with Crippen LogP contribution in [-0.4, -0.2) is 26.6 Å². The zero-order chi connectivity index (χ0) is 19.2. The average molecular weight is 492 g/mol. The van der Waals surface area contributed by atoms with Crippen LogP contribution >= 0.6 is 24.0 Å². The van der Waals surface area contributed by atoms with E-state index in [-0.39, 0.29) is 30.1 Å². The number of nitrogens with one attached hydrogen (secondary N) is 1. The largest absolute Gasteiger partial charge is 0.491 e. The number of rotatable bonds is 6. The van der Waals surface area contributed by atoms with Crippen LogP contribution in [0.2, 0.25) is 0 Å². The summed E-state index contributed by atoms with van der Waals surface area (Å²) < 4.78 is 7.55. The molecule has 2 heterocycles. The molecule has 3 N–H and O–H groups in total. The molecule has 0 aliphatic heterocycles. The van der Waals surface area contributed by atoms with E-state index in [9.17, 15) is 0 Å². The van der Waals surface area contributed by atoms with Gasteiger partial charge in [-0.25, -0.2) is 15.0 Å². The summed E-state index contributed by atoms with van der Waals surface area (Å²) in [5, 5.41) is 3.07. The molecule has 3 aromatic rings. The Morgan fingerprint density at radius 3 is 2.50 bits per heavy atom. The number of pyridine rings is 1. The first-order valence-corrected chi connectivity index (χ1v) is 8.80. The fourth-order valence-electron chi connectivity index (χ4n) is 2.53. The minimum atomic E-state index is 0. The maximum Gasteiger partial charge on any atom is 0.193 e. The number of nitrogens with zero attached hydrogens (tertiary/aromatic N) is 4. The smallest absolute Gasteiger partial charge is 0.193 e. The molecule has 0 unspecified atom stereocenters. The molecule has 0 amide bonds. The molecular formula is C20H25IN6O. The zero-order valence-corrected chi connectivity index (χ0v) is 18.5. The summed E-state index contributed by atoms with van der Waals surface area (Å²) in [4.78, 5) is 13.0. The lowest BCUT2D eigenvalue weighted by molar-refractivity contribution is 0.242. The molecule has 8 heteroatoms. The summed E-state index contributed by atoms with van der Waals surface area (Å²) >= 11 is 0. The predicted octanol–water partition coefficient (Wildman–Crippen LogP) is 3.91. The number of ether oxygens (including phenoxy) is 1. The Kier molecular flexibility index (Phi) is 7.80. The number of nitrogens with two attached hydrogens (primary N) is 1. The van der Waals surface area contributed by atoms with Crippen molar-refractivity contribution in [3.8, 4) is 11.6 Å². The second kappa shape index (κ2) is 10.1. The van der Waals surface area contributed by atoms with Crippen molar-refractivity contribution in [1.29, 1.82) is 0 Å². The van der Waals surface area contributed by atoms with Crippen LogP contribution in [0, 0.1) is 6.92 Å². The Labute approximate surface area is 182 Å². The molecule has 3 rings (SSSR count). The van der Waals surface area contributed by atoms with Crippen LogP contribution in [0.5, 0.6) is 5.75 Å². The van der Waals surface area contributed by atoms with Crippen molar-refractivity contribution in [2.75, 3.05) is 5.32 Å². The number of aromatic nitrogens is 3. The van der Waals surface area contributed by atoms with Gasteiger partial charge in [0, 0.05) is 24.3 Å². The van der Waals surface area contributed by atoms with E-state index >= 15 is 0 Å². The van der Waals surface area contributed by atoms with Gasteiger partial charge in [0.15, 0.2) is 5.96 Å². The molecule has 0 radical (unpaired) electrons. The number of guanidine groups is 1. The van der Waals surface area contributed by atoms with Gasteiger partial charge >= 0.3 is 0 Å². The van der Waals surface area contributed by atoms with Gasteiger partial charge in [-0.15, -0.1) is 24.0 Å². The van der Waals surface area contributed by atoms with Crippen LogP contribution in [-0.2, 0) is 6.54 Å². The number of halogens is 1. The molecule has 148 valence electrons. The molecule has 28 heavy (non-hydrogen) atoms. The van der Waals surface area contributed by atoms with Gasteiger partial charge in [0.2, 0.25) is 0 Å². The van der Waals surface area contributed by atoms with E-state index < -0.39 is 0 Å². The average Bonchev–Trinajstić information content (AvgIpc) is 3.08. The van der Waals surface area contributed by atoms with Crippen LogP contribution in [0.1, 0.15) is 25.2 Å². The molecule has 0 bridgehead atoms. The highest BCUT2D eigenvalue weighted by molar-refractivity contribution is 14.0. The number of hydrogen-bond acceptors (Lipinski definition) is 4. The van der Waals surface area contributed by atoms with Crippen molar-refractivity contribution < 1.29 is 4.74 Å². The zero-order valence-electron chi connectivity index (χ0n) is 16.2. The second-order valence-corrected chi connectivity index (χ2v) is 6.39. The highest BCUT2D eigenvalue weighted by atomic mass is 127. The Bertz CT molecular complexity index is 903. The van der Waals surface area contributed by atoms with Crippen molar-refractivity contribution in [2.45, 2.75) is 33.4 Å². The van der Waals surface area contributed by atoms with Crippen molar-refractivity contribution in [1.82, 2.24) is 14.5 Å². The molecule has 1 aromatic carbocycles. The minimum Gasteiger partial charge on any atom is -0.491 e. The van der Waals surface area contributed by atoms with Crippen LogP contribution in [0.4, 0.5) is 5.69 Å². The molecule has 0 fully saturated rings. The van der Waals surface area contributed by atoms with Gasteiger partial charge in [-0.3, -0.25) is 4.57 Å². The van der Waals surface area contributed by atoms with Gasteiger partial charge in [-0.05, 0) is 56.7 Å². The molecule has 2 aromatic heterocycles. The van der Waals surface area contributed by atoms with Crippen LogP contribution < -0.4 is 15.8 Å². The summed E-state index contributed by atoms with van der Waals surface area (Å²) in [6, 6.07) is 11.5. The fourth-order valence-corrected chi connectivity index (χ4v) is 2.53. The van der Waals surface area contributed by atoms with Crippen LogP contribution in [0.25, 0.3) is 5.82 Å². The van der Waals surface area contributed by atoms with E-state index in [1.807, 2.05) is 67.9 Å². The van der Waals surface area contributed by atoms with Crippen molar-refractivity contribution in [2.24, 2.45) is 10.7 Å². The molecule has 0 aliphatic carbocycles. The van der Waals surface area contributed by atoms with Crippen molar-refractivity contribution in [3.05, 3.63) is 66.4 Å². The second-order valence-electron chi connectivity index (χ2n) is 6.39. The van der Waals surface area contributed by atoms with Crippen molar-refractivity contribution >= 4 is 35.6 Å². The van der Waals surface area contributed by atoms with Gasteiger partial charge in [-0.2, -0.15) is 0 Å². The summed E-state index contributed by atoms with van der Waals surface area (Å²) in [5.41, 5.74) is 7.81. The molecule has 0 saturated heterocycles. The van der Waals surface area contributed by atoms with Crippen LogP contribution in [0.15, 0.2) is 60.0 Å². The number of aliphatic imine (C=N–C) groups is 1. The third kappa shape index (κ3) is 5.95. The number of hydrogen-bond donors (Lipinski definition) is 2. The third-order valence-corrected chi connectivity index (χ3v) is 3.81.